The zero-order valence-corrected chi connectivity index (χ0v) is 14.6. The summed E-state index contributed by atoms with van der Waals surface area (Å²) in [6, 6.07) is 13.5. The lowest BCUT2D eigenvalue weighted by atomic mass is 10.1. The Kier molecular flexibility index (Phi) is 6.21. The lowest BCUT2D eigenvalue weighted by Gasteiger charge is -2.18. The molecule has 0 aliphatic carbocycles. The molecule has 0 saturated carbocycles. The fourth-order valence-corrected chi connectivity index (χ4v) is 2.46. The molecule has 0 aromatic heterocycles. The van der Waals surface area contributed by atoms with Crippen LogP contribution in [0.15, 0.2) is 42.5 Å². The third-order valence-corrected chi connectivity index (χ3v) is 3.75. The number of carbonyl (C=O) groups is 1. The van der Waals surface area contributed by atoms with Crippen LogP contribution in [-0.4, -0.2) is 38.6 Å². The predicted octanol–water partition coefficient (Wildman–Crippen LogP) is 3.08. The van der Waals surface area contributed by atoms with Crippen LogP contribution in [0.5, 0.6) is 11.5 Å². The summed E-state index contributed by atoms with van der Waals surface area (Å²) in [7, 11) is 5.09. The van der Waals surface area contributed by atoms with Gasteiger partial charge in [0.05, 0.1) is 20.8 Å². The normalized spacial score (nSPS) is 10.5. The van der Waals surface area contributed by atoms with Crippen LogP contribution in [0.2, 0.25) is 0 Å². The van der Waals surface area contributed by atoms with Crippen molar-refractivity contribution in [3.8, 4) is 11.5 Å². The van der Waals surface area contributed by atoms with Gasteiger partial charge >= 0.3 is 0 Å². The topological polar surface area (TPSA) is 50.8 Å². The molecule has 2 aromatic rings. The number of anilines is 1. The number of benzene rings is 2. The number of likely N-dealkylation sites (N-methyl/N-ethyl adjacent to an activating group) is 1. The van der Waals surface area contributed by atoms with E-state index in [9.17, 15) is 4.79 Å². The first kappa shape index (κ1) is 17.8. The van der Waals surface area contributed by atoms with Crippen LogP contribution in [0.3, 0.4) is 0 Å². The summed E-state index contributed by atoms with van der Waals surface area (Å²) >= 11 is 0. The van der Waals surface area contributed by atoms with E-state index in [0.717, 1.165) is 6.54 Å². The first-order valence-corrected chi connectivity index (χ1v) is 7.78. The number of nitrogens with one attached hydrogen (secondary N) is 1. The average molecular weight is 328 g/mol. The van der Waals surface area contributed by atoms with E-state index in [4.69, 9.17) is 9.47 Å². The minimum absolute atomic E-state index is 0.0820. The van der Waals surface area contributed by atoms with Crippen molar-refractivity contribution < 1.29 is 14.3 Å². The molecule has 1 amide bonds. The summed E-state index contributed by atoms with van der Waals surface area (Å²) in [5.41, 5.74) is 3.10. The first-order valence-electron chi connectivity index (χ1n) is 7.78. The average Bonchev–Trinajstić information content (AvgIpc) is 2.56. The highest BCUT2D eigenvalue weighted by atomic mass is 16.5. The molecule has 0 spiro atoms. The second-order valence-electron chi connectivity index (χ2n) is 5.75. The number of aryl methyl sites for hydroxylation is 1. The van der Waals surface area contributed by atoms with Crippen LogP contribution in [0.4, 0.5) is 5.69 Å². The Bertz CT molecular complexity index is 679. The molecule has 1 N–H and O–H groups in total. The molecule has 2 aromatic carbocycles. The minimum Gasteiger partial charge on any atom is -0.497 e. The zero-order valence-electron chi connectivity index (χ0n) is 14.6. The highest BCUT2D eigenvalue weighted by Crippen LogP contribution is 2.25. The number of hydrogen-bond donors (Lipinski definition) is 1. The first-order chi connectivity index (χ1) is 11.5. The third kappa shape index (κ3) is 4.99. The van der Waals surface area contributed by atoms with Gasteiger partial charge in [-0.25, -0.2) is 0 Å². The summed E-state index contributed by atoms with van der Waals surface area (Å²) in [5.74, 6) is 1.19. The lowest BCUT2D eigenvalue weighted by Crippen LogP contribution is -2.30. The van der Waals surface area contributed by atoms with E-state index in [1.165, 1.54) is 11.1 Å². The van der Waals surface area contributed by atoms with Crippen LogP contribution in [0.1, 0.15) is 11.1 Å². The van der Waals surface area contributed by atoms with Crippen molar-refractivity contribution in [1.29, 1.82) is 0 Å². The molecule has 0 heterocycles. The van der Waals surface area contributed by atoms with Crippen molar-refractivity contribution in [2.45, 2.75) is 13.5 Å². The van der Waals surface area contributed by atoms with E-state index in [0.29, 0.717) is 23.7 Å². The second-order valence-corrected chi connectivity index (χ2v) is 5.75. The lowest BCUT2D eigenvalue weighted by molar-refractivity contribution is -0.117. The molecule has 0 bridgehead atoms. The zero-order chi connectivity index (χ0) is 17.5. The number of amides is 1. The predicted molar refractivity (Wildman–Crippen MR) is 95.7 cm³/mol. The molecular weight excluding hydrogens is 304 g/mol. The number of carbonyl (C=O) groups excluding carboxylic acids is 1. The Hall–Kier alpha value is -2.53. The number of methoxy groups -OCH3 is 2. The molecule has 24 heavy (non-hydrogen) atoms. The quantitative estimate of drug-likeness (QED) is 0.848. The molecule has 0 aliphatic rings. The Morgan fingerprint density at radius 3 is 2.29 bits per heavy atom. The molecule has 5 nitrogen and oxygen atoms in total. The van der Waals surface area contributed by atoms with Crippen LogP contribution < -0.4 is 14.8 Å². The Morgan fingerprint density at radius 1 is 1.08 bits per heavy atom. The van der Waals surface area contributed by atoms with Gasteiger partial charge in [-0.3, -0.25) is 9.69 Å². The molecule has 128 valence electrons. The van der Waals surface area contributed by atoms with Crippen LogP contribution in [-0.2, 0) is 11.3 Å². The molecule has 2 rings (SSSR count). The van der Waals surface area contributed by atoms with Crippen molar-refractivity contribution in [2.24, 2.45) is 0 Å². The summed E-state index contributed by atoms with van der Waals surface area (Å²) < 4.78 is 10.4. The fourth-order valence-electron chi connectivity index (χ4n) is 2.46. The molecule has 5 heteroatoms. The molecule has 0 atom stereocenters. The van der Waals surface area contributed by atoms with Gasteiger partial charge in [0.1, 0.15) is 11.5 Å². The summed E-state index contributed by atoms with van der Waals surface area (Å²) in [5, 5.41) is 2.88. The van der Waals surface area contributed by atoms with Gasteiger partial charge in [0.2, 0.25) is 5.91 Å². The van der Waals surface area contributed by atoms with Gasteiger partial charge in [-0.1, -0.05) is 24.3 Å². The monoisotopic (exact) mass is 328 g/mol. The van der Waals surface area contributed by atoms with E-state index >= 15 is 0 Å². The van der Waals surface area contributed by atoms with Crippen molar-refractivity contribution >= 4 is 11.6 Å². The fraction of sp³-hybridized carbons (Fsp3) is 0.316. The Labute approximate surface area is 143 Å². The number of nitrogens with zero attached hydrogens (tertiary/aromatic N) is 1. The maximum Gasteiger partial charge on any atom is 0.238 e. The summed E-state index contributed by atoms with van der Waals surface area (Å²) in [4.78, 5) is 14.2. The van der Waals surface area contributed by atoms with Gasteiger partial charge in [-0.15, -0.1) is 0 Å². The van der Waals surface area contributed by atoms with Crippen LogP contribution in [0, 0.1) is 6.92 Å². The Balaban J connectivity index is 1.96. The highest BCUT2D eigenvalue weighted by Gasteiger charge is 2.10. The van der Waals surface area contributed by atoms with Gasteiger partial charge in [0.25, 0.3) is 0 Å². The van der Waals surface area contributed by atoms with Gasteiger partial charge in [-0.2, -0.15) is 0 Å². The molecular formula is C19H24N2O3. The van der Waals surface area contributed by atoms with Crippen LogP contribution >= 0.6 is 0 Å². The maximum absolute atomic E-state index is 12.3. The molecule has 0 unspecified atom stereocenters. The second kappa shape index (κ2) is 8.36. The van der Waals surface area contributed by atoms with Crippen molar-refractivity contribution in [1.82, 2.24) is 4.90 Å². The maximum atomic E-state index is 12.3. The third-order valence-electron chi connectivity index (χ3n) is 3.75. The summed E-state index contributed by atoms with van der Waals surface area (Å²) in [6.07, 6.45) is 0. The molecule has 0 fully saturated rings. The molecule has 0 aliphatic heterocycles. The van der Waals surface area contributed by atoms with Crippen molar-refractivity contribution in [2.75, 3.05) is 33.1 Å². The minimum atomic E-state index is -0.0820. The van der Waals surface area contributed by atoms with Crippen molar-refractivity contribution in [3.05, 3.63) is 53.6 Å². The van der Waals surface area contributed by atoms with E-state index in [-0.39, 0.29) is 5.91 Å². The molecule has 0 radical (unpaired) electrons. The highest BCUT2D eigenvalue weighted by molar-refractivity contribution is 5.92. The van der Waals surface area contributed by atoms with Crippen LogP contribution in [0.25, 0.3) is 0 Å². The smallest absolute Gasteiger partial charge is 0.238 e. The summed E-state index contributed by atoms with van der Waals surface area (Å²) in [6.45, 7) is 3.10. The Morgan fingerprint density at radius 2 is 1.71 bits per heavy atom. The van der Waals surface area contributed by atoms with Crippen molar-refractivity contribution in [3.63, 3.8) is 0 Å². The van der Waals surface area contributed by atoms with Gasteiger partial charge in [0.15, 0.2) is 0 Å². The van der Waals surface area contributed by atoms with E-state index < -0.39 is 0 Å². The number of ether oxygens (including phenoxy) is 2. The largest absolute Gasteiger partial charge is 0.497 e. The SMILES string of the molecule is COc1cc(NC(=O)CN(C)Cc2ccccc2C)cc(OC)c1. The van der Waals surface area contributed by atoms with E-state index in [2.05, 4.69) is 24.4 Å². The van der Waals surface area contributed by atoms with E-state index in [1.807, 2.05) is 24.1 Å². The van der Waals surface area contributed by atoms with Gasteiger partial charge < -0.3 is 14.8 Å². The van der Waals surface area contributed by atoms with Gasteiger partial charge in [-0.05, 0) is 25.1 Å². The van der Waals surface area contributed by atoms with E-state index in [1.54, 1.807) is 32.4 Å². The van der Waals surface area contributed by atoms with Gasteiger partial charge in [0, 0.05) is 30.4 Å². The number of rotatable bonds is 7. The number of hydrogen-bond acceptors (Lipinski definition) is 4. The standard InChI is InChI=1S/C19H24N2O3/c1-14-7-5-6-8-15(14)12-21(2)13-19(22)20-16-9-17(23-3)11-18(10-16)24-4/h5-11H,12-13H2,1-4H3,(H,20,22). The molecule has 0 saturated heterocycles.